The van der Waals surface area contributed by atoms with Gasteiger partial charge in [0.1, 0.15) is 5.01 Å². The lowest BCUT2D eigenvalue weighted by Crippen LogP contribution is -2.07. The SMILES string of the molecule is C/C=C/C=C/C(=O)Nc1nnc(-c2ccc(C(C)C)cc2)s1. The maximum Gasteiger partial charge on any atom is 0.250 e. The normalized spacial score (nSPS) is 11.6. The van der Waals surface area contributed by atoms with Gasteiger partial charge in [0.2, 0.25) is 11.0 Å². The van der Waals surface area contributed by atoms with E-state index >= 15 is 0 Å². The number of allylic oxidation sites excluding steroid dienone is 3. The second-order valence-electron chi connectivity index (χ2n) is 5.06. The average molecular weight is 313 g/mol. The van der Waals surface area contributed by atoms with E-state index in [2.05, 4.69) is 41.5 Å². The molecule has 1 heterocycles. The third-order valence-corrected chi connectivity index (χ3v) is 3.92. The number of nitrogens with zero attached hydrogens (tertiary/aromatic N) is 2. The number of anilines is 1. The number of hydrogen-bond donors (Lipinski definition) is 1. The summed E-state index contributed by atoms with van der Waals surface area (Å²) in [6.07, 6.45) is 6.79. The summed E-state index contributed by atoms with van der Waals surface area (Å²) in [6.45, 7) is 6.22. The van der Waals surface area contributed by atoms with Crippen molar-refractivity contribution in [3.05, 3.63) is 54.1 Å². The standard InChI is InChI=1S/C17H19N3OS/c1-4-5-6-7-15(21)18-17-20-19-16(22-17)14-10-8-13(9-11-14)12(2)3/h4-12H,1-3H3,(H,18,20,21)/b5-4+,7-6+. The van der Waals surface area contributed by atoms with Crippen LogP contribution in [0.2, 0.25) is 0 Å². The number of benzene rings is 1. The molecular weight excluding hydrogens is 294 g/mol. The van der Waals surface area contributed by atoms with Crippen LogP contribution in [0.25, 0.3) is 10.6 Å². The van der Waals surface area contributed by atoms with E-state index in [-0.39, 0.29) is 5.91 Å². The number of nitrogens with one attached hydrogen (secondary N) is 1. The Balaban J connectivity index is 2.06. The van der Waals surface area contributed by atoms with E-state index in [0.29, 0.717) is 11.0 Å². The molecule has 0 unspecified atom stereocenters. The first kappa shape index (κ1) is 16.1. The highest BCUT2D eigenvalue weighted by Crippen LogP contribution is 2.27. The van der Waals surface area contributed by atoms with Crippen LogP contribution in [0.15, 0.2) is 48.6 Å². The summed E-state index contributed by atoms with van der Waals surface area (Å²) in [4.78, 5) is 11.7. The van der Waals surface area contributed by atoms with Crippen molar-refractivity contribution in [2.75, 3.05) is 5.32 Å². The average Bonchev–Trinajstić information content (AvgIpc) is 2.96. The molecule has 114 valence electrons. The molecule has 22 heavy (non-hydrogen) atoms. The molecule has 0 aliphatic carbocycles. The van der Waals surface area contributed by atoms with Crippen LogP contribution >= 0.6 is 11.3 Å². The van der Waals surface area contributed by atoms with Crippen molar-refractivity contribution in [1.29, 1.82) is 0 Å². The lowest BCUT2D eigenvalue weighted by Gasteiger charge is -2.04. The molecule has 1 amide bonds. The summed E-state index contributed by atoms with van der Waals surface area (Å²) in [7, 11) is 0. The highest BCUT2D eigenvalue weighted by molar-refractivity contribution is 7.18. The first-order valence-electron chi connectivity index (χ1n) is 7.14. The van der Waals surface area contributed by atoms with Crippen LogP contribution < -0.4 is 5.32 Å². The minimum atomic E-state index is -0.212. The third kappa shape index (κ3) is 4.36. The van der Waals surface area contributed by atoms with Gasteiger partial charge >= 0.3 is 0 Å². The van der Waals surface area contributed by atoms with Crippen LogP contribution in [0.3, 0.4) is 0 Å². The molecular formula is C17H19N3OS. The number of carbonyl (C=O) groups excluding carboxylic acids is 1. The Kier molecular flexibility index (Phi) is 5.61. The first-order valence-corrected chi connectivity index (χ1v) is 7.96. The molecule has 1 aromatic heterocycles. The van der Waals surface area contributed by atoms with Gasteiger partial charge in [-0.2, -0.15) is 0 Å². The van der Waals surface area contributed by atoms with Gasteiger partial charge in [-0.15, -0.1) is 10.2 Å². The highest BCUT2D eigenvalue weighted by atomic mass is 32.1. The maximum atomic E-state index is 11.7. The van der Waals surface area contributed by atoms with Gasteiger partial charge in [-0.05, 0) is 18.4 Å². The fourth-order valence-corrected chi connectivity index (χ4v) is 2.55. The largest absolute Gasteiger partial charge is 0.297 e. The van der Waals surface area contributed by atoms with Crippen molar-refractivity contribution < 1.29 is 4.79 Å². The molecule has 0 fully saturated rings. The van der Waals surface area contributed by atoms with Crippen molar-refractivity contribution in [2.45, 2.75) is 26.7 Å². The Morgan fingerprint density at radius 1 is 1.18 bits per heavy atom. The molecule has 2 rings (SSSR count). The van der Waals surface area contributed by atoms with Crippen LogP contribution in [-0.4, -0.2) is 16.1 Å². The molecule has 0 saturated carbocycles. The minimum Gasteiger partial charge on any atom is -0.297 e. The summed E-state index contributed by atoms with van der Waals surface area (Å²) in [5.41, 5.74) is 2.29. The van der Waals surface area contributed by atoms with Gasteiger partial charge in [-0.3, -0.25) is 10.1 Å². The van der Waals surface area contributed by atoms with Crippen LogP contribution in [0.1, 0.15) is 32.3 Å². The molecule has 0 aliphatic heterocycles. The molecule has 0 atom stereocenters. The van der Waals surface area contributed by atoms with Crippen molar-refractivity contribution in [3.8, 4) is 10.6 Å². The first-order chi connectivity index (χ1) is 10.6. The Labute approximate surface area is 134 Å². The molecule has 4 nitrogen and oxygen atoms in total. The Morgan fingerprint density at radius 2 is 1.91 bits per heavy atom. The zero-order chi connectivity index (χ0) is 15.9. The molecule has 5 heteroatoms. The highest BCUT2D eigenvalue weighted by Gasteiger charge is 2.08. The summed E-state index contributed by atoms with van der Waals surface area (Å²) >= 11 is 1.36. The van der Waals surface area contributed by atoms with E-state index in [0.717, 1.165) is 10.6 Å². The molecule has 0 saturated heterocycles. The smallest absolute Gasteiger partial charge is 0.250 e. The van der Waals surface area contributed by atoms with E-state index in [1.165, 1.54) is 23.0 Å². The molecule has 0 radical (unpaired) electrons. The van der Waals surface area contributed by atoms with Crippen LogP contribution in [0.4, 0.5) is 5.13 Å². The van der Waals surface area contributed by atoms with Crippen LogP contribution in [0, 0.1) is 0 Å². The Hall–Kier alpha value is -2.27. The molecule has 0 aliphatic rings. The number of hydrogen-bond acceptors (Lipinski definition) is 4. The van der Waals surface area contributed by atoms with Crippen molar-refractivity contribution in [1.82, 2.24) is 10.2 Å². The van der Waals surface area contributed by atoms with Gasteiger partial charge in [0.15, 0.2) is 0 Å². The predicted molar refractivity (Wildman–Crippen MR) is 92.0 cm³/mol. The van der Waals surface area contributed by atoms with Crippen molar-refractivity contribution in [3.63, 3.8) is 0 Å². The summed E-state index contributed by atoms with van der Waals surface area (Å²) in [6, 6.07) is 8.26. The molecule has 2 aromatic rings. The number of amides is 1. The van der Waals surface area contributed by atoms with E-state index in [1.54, 1.807) is 12.2 Å². The van der Waals surface area contributed by atoms with Gasteiger partial charge in [0.25, 0.3) is 0 Å². The molecule has 0 bridgehead atoms. The summed E-state index contributed by atoms with van der Waals surface area (Å²) < 4.78 is 0. The number of rotatable bonds is 5. The quantitative estimate of drug-likeness (QED) is 0.657. The van der Waals surface area contributed by atoms with Gasteiger partial charge in [0, 0.05) is 11.6 Å². The fraction of sp³-hybridized carbons (Fsp3) is 0.235. The van der Waals surface area contributed by atoms with Crippen molar-refractivity contribution in [2.24, 2.45) is 0 Å². The van der Waals surface area contributed by atoms with Gasteiger partial charge in [-0.25, -0.2) is 0 Å². The summed E-state index contributed by atoms with van der Waals surface area (Å²) in [5.74, 6) is 0.290. The van der Waals surface area contributed by atoms with E-state index in [1.807, 2.05) is 25.1 Å². The minimum absolute atomic E-state index is 0.212. The fourth-order valence-electron chi connectivity index (χ4n) is 1.80. The lowest BCUT2D eigenvalue weighted by molar-refractivity contribution is -0.111. The van der Waals surface area contributed by atoms with Crippen LogP contribution in [0.5, 0.6) is 0 Å². The topological polar surface area (TPSA) is 54.9 Å². The predicted octanol–water partition coefficient (Wildman–Crippen LogP) is 4.40. The second kappa shape index (κ2) is 7.66. The molecule has 1 aromatic carbocycles. The second-order valence-corrected chi connectivity index (χ2v) is 6.04. The van der Waals surface area contributed by atoms with Gasteiger partial charge in [0.05, 0.1) is 0 Å². The maximum absolute atomic E-state index is 11.7. The summed E-state index contributed by atoms with van der Waals surface area (Å²) in [5, 5.41) is 12.1. The Morgan fingerprint density at radius 3 is 2.55 bits per heavy atom. The molecule has 1 N–H and O–H groups in total. The van der Waals surface area contributed by atoms with E-state index in [4.69, 9.17) is 0 Å². The lowest BCUT2D eigenvalue weighted by atomic mass is 10.0. The van der Waals surface area contributed by atoms with Crippen LogP contribution in [-0.2, 0) is 4.79 Å². The Bertz CT molecular complexity index is 684. The van der Waals surface area contributed by atoms with E-state index < -0.39 is 0 Å². The number of carbonyl (C=O) groups is 1. The molecule has 0 spiro atoms. The van der Waals surface area contributed by atoms with Crippen molar-refractivity contribution >= 4 is 22.4 Å². The van der Waals surface area contributed by atoms with Gasteiger partial charge in [-0.1, -0.05) is 67.7 Å². The van der Waals surface area contributed by atoms with Gasteiger partial charge < -0.3 is 0 Å². The zero-order valence-corrected chi connectivity index (χ0v) is 13.7. The monoisotopic (exact) mass is 313 g/mol. The zero-order valence-electron chi connectivity index (χ0n) is 12.9. The van der Waals surface area contributed by atoms with E-state index in [9.17, 15) is 4.79 Å². The third-order valence-electron chi connectivity index (χ3n) is 3.03. The number of aromatic nitrogens is 2.